The summed E-state index contributed by atoms with van der Waals surface area (Å²) >= 11 is 1.61. The van der Waals surface area contributed by atoms with Crippen LogP contribution in [0.5, 0.6) is 0 Å². The number of carbonyl (C=O) groups is 1. The fourth-order valence-corrected chi connectivity index (χ4v) is 1.26. The molecule has 1 amide bonds. The predicted octanol–water partition coefficient (Wildman–Crippen LogP) is 1.00. The highest BCUT2D eigenvalue weighted by Crippen LogP contribution is 2.02. The number of thioether (sulfide) groups is 1. The number of nitrogens with two attached hydrogens (primary N) is 1. The van der Waals surface area contributed by atoms with Gasteiger partial charge in [-0.15, -0.1) is 0 Å². The Morgan fingerprint density at radius 3 is 2.78 bits per heavy atom. The summed E-state index contributed by atoms with van der Waals surface area (Å²) in [6.45, 7) is 2.13. The van der Waals surface area contributed by atoms with Crippen LogP contribution >= 0.6 is 11.8 Å². The molecule has 0 aromatic carbocycles. The lowest BCUT2D eigenvalue weighted by atomic mass is 10.4. The third-order valence-electron chi connectivity index (χ3n) is 0.887. The smallest absolute Gasteiger partial charge is 0.227 e. The van der Waals surface area contributed by atoms with Crippen LogP contribution in [0.1, 0.15) is 19.8 Å². The molecule has 0 rings (SSSR count). The number of hydrogen-bond acceptors (Lipinski definition) is 2. The van der Waals surface area contributed by atoms with E-state index >= 15 is 0 Å². The second-order valence-corrected chi connectivity index (χ2v) is 2.98. The van der Waals surface area contributed by atoms with Gasteiger partial charge in [-0.2, -0.15) is 11.8 Å². The second-order valence-electron chi connectivity index (χ2n) is 1.87. The van der Waals surface area contributed by atoms with Crippen molar-refractivity contribution in [1.29, 1.82) is 0 Å². The van der Waals surface area contributed by atoms with Crippen LogP contribution in [0.15, 0.2) is 0 Å². The Bertz CT molecular complexity index is 85.1. The van der Waals surface area contributed by atoms with E-state index in [1.807, 2.05) is 0 Å². The Hall–Kier alpha value is -0.180. The van der Waals surface area contributed by atoms with Crippen LogP contribution in [0, 0.1) is 0 Å². The van der Waals surface area contributed by atoms with Crippen molar-refractivity contribution >= 4 is 17.7 Å². The van der Waals surface area contributed by atoms with E-state index in [2.05, 4.69) is 6.92 Å². The van der Waals surface area contributed by atoms with Crippen LogP contribution < -0.4 is 5.73 Å². The maximum atomic E-state index is 10.2. The Morgan fingerprint density at radius 2 is 2.33 bits per heavy atom. The summed E-state index contributed by atoms with van der Waals surface area (Å²) in [6, 6.07) is 0. The van der Waals surface area contributed by atoms with Gasteiger partial charge in [-0.25, -0.2) is 0 Å². The first-order valence-corrected chi connectivity index (χ1v) is 4.29. The Labute approximate surface area is 60.2 Å². The van der Waals surface area contributed by atoms with E-state index < -0.39 is 0 Å². The molecule has 0 aromatic heterocycles. The van der Waals surface area contributed by atoms with E-state index in [1.54, 1.807) is 11.8 Å². The predicted molar refractivity (Wildman–Crippen MR) is 41.4 cm³/mol. The summed E-state index contributed by atoms with van der Waals surface area (Å²) in [6.07, 6.45) is 2.36. The largest absolute Gasteiger partial charge is 0.369 e. The monoisotopic (exact) mass is 147 g/mol. The average molecular weight is 147 g/mol. The highest BCUT2D eigenvalue weighted by Gasteiger charge is 1.91. The molecule has 2 nitrogen and oxygen atoms in total. The van der Waals surface area contributed by atoms with Gasteiger partial charge in [0.25, 0.3) is 0 Å². The molecule has 0 saturated carbocycles. The summed E-state index contributed by atoms with van der Waals surface area (Å²) in [4.78, 5) is 10.2. The second kappa shape index (κ2) is 5.95. The van der Waals surface area contributed by atoms with Gasteiger partial charge in [0.05, 0.1) is 5.75 Å². The fraction of sp³-hybridized carbons (Fsp3) is 0.833. The minimum atomic E-state index is -0.212. The highest BCUT2D eigenvalue weighted by molar-refractivity contribution is 7.99. The molecule has 0 atom stereocenters. The van der Waals surface area contributed by atoms with Crippen LogP contribution in [-0.4, -0.2) is 17.4 Å². The molecule has 0 unspecified atom stereocenters. The summed E-state index contributed by atoms with van der Waals surface area (Å²) < 4.78 is 0. The van der Waals surface area contributed by atoms with E-state index in [-0.39, 0.29) is 5.91 Å². The van der Waals surface area contributed by atoms with Crippen molar-refractivity contribution in [2.45, 2.75) is 19.8 Å². The maximum Gasteiger partial charge on any atom is 0.227 e. The summed E-state index contributed by atoms with van der Waals surface area (Å²) in [5.74, 6) is 1.32. The van der Waals surface area contributed by atoms with E-state index in [9.17, 15) is 4.79 Å². The third kappa shape index (κ3) is 7.82. The Balaban J connectivity index is 2.83. The van der Waals surface area contributed by atoms with Gasteiger partial charge in [0, 0.05) is 0 Å². The number of rotatable bonds is 5. The van der Waals surface area contributed by atoms with Crippen LogP contribution in [-0.2, 0) is 4.79 Å². The van der Waals surface area contributed by atoms with Crippen LogP contribution in [0.3, 0.4) is 0 Å². The van der Waals surface area contributed by atoms with Crippen molar-refractivity contribution in [3.8, 4) is 0 Å². The van der Waals surface area contributed by atoms with Crippen molar-refractivity contribution in [1.82, 2.24) is 0 Å². The van der Waals surface area contributed by atoms with Gasteiger partial charge in [0.1, 0.15) is 0 Å². The quantitative estimate of drug-likeness (QED) is 0.590. The average Bonchev–Trinajstić information content (AvgIpc) is 1.80. The molecule has 0 aliphatic carbocycles. The first-order valence-electron chi connectivity index (χ1n) is 3.13. The van der Waals surface area contributed by atoms with Crippen LogP contribution in [0.2, 0.25) is 0 Å². The molecule has 0 radical (unpaired) electrons. The summed E-state index contributed by atoms with van der Waals surface area (Å²) in [7, 11) is 0. The first-order chi connectivity index (χ1) is 4.27. The lowest BCUT2D eigenvalue weighted by Crippen LogP contribution is -2.13. The normalized spacial score (nSPS) is 9.44. The summed E-state index contributed by atoms with van der Waals surface area (Å²) in [5, 5.41) is 0. The fourth-order valence-electron chi connectivity index (χ4n) is 0.419. The zero-order valence-electron chi connectivity index (χ0n) is 5.72. The number of carbonyl (C=O) groups excluding carboxylic acids is 1. The topological polar surface area (TPSA) is 43.1 Å². The van der Waals surface area contributed by atoms with E-state index in [4.69, 9.17) is 5.73 Å². The molecular formula is C6H13NOS. The van der Waals surface area contributed by atoms with Gasteiger partial charge in [0.2, 0.25) is 5.91 Å². The molecule has 9 heavy (non-hydrogen) atoms. The van der Waals surface area contributed by atoms with Gasteiger partial charge in [-0.05, 0) is 12.2 Å². The van der Waals surface area contributed by atoms with Gasteiger partial charge >= 0.3 is 0 Å². The highest BCUT2D eigenvalue weighted by atomic mass is 32.2. The zero-order chi connectivity index (χ0) is 7.11. The molecule has 54 valence electrons. The maximum absolute atomic E-state index is 10.2. The van der Waals surface area contributed by atoms with E-state index in [0.717, 1.165) is 5.75 Å². The van der Waals surface area contributed by atoms with Crippen LogP contribution in [0.4, 0.5) is 0 Å². The standard InChI is InChI=1S/C6H13NOS/c1-2-3-4-9-5-6(7)8/h2-5H2,1H3,(H2,7,8). The molecule has 0 fully saturated rings. The lowest BCUT2D eigenvalue weighted by Gasteiger charge is -1.93. The van der Waals surface area contributed by atoms with Gasteiger partial charge in [-0.3, -0.25) is 4.79 Å². The first kappa shape index (κ1) is 8.82. The molecule has 0 aliphatic heterocycles. The molecule has 0 heterocycles. The molecule has 0 aliphatic rings. The van der Waals surface area contributed by atoms with Crippen molar-refractivity contribution in [3.63, 3.8) is 0 Å². The molecule has 0 saturated heterocycles. The Morgan fingerprint density at radius 1 is 1.67 bits per heavy atom. The minimum absolute atomic E-state index is 0.212. The molecule has 2 N–H and O–H groups in total. The van der Waals surface area contributed by atoms with Gasteiger partial charge < -0.3 is 5.73 Å². The van der Waals surface area contributed by atoms with Crippen molar-refractivity contribution in [3.05, 3.63) is 0 Å². The van der Waals surface area contributed by atoms with Crippen molar-refractivity contribution in [2.24, 2.45) is 5.73 Å². The molecular weight excluding hydrogens is 134 g/mol. The number of amides is 1. The Kier molecular flexibility index (Phi) is 5.83. The van der Waals surface area contributed by atoms with Gasteiger partial charge in [-0.1, -0.05) is 13.3 Å². The SMILES string of the molecule is CCCCSCC(N)=O. The summed E-state index contributed by atoms with van der Waals surface area (Å²) in [5.41, 5.74) is 4.91. The van der Waals surface area contributed by atoms with Crippen molar-refractivity contribution in [2.75, 3.05) is 11.5 Å². The van der Waals surface area contributed by atoms with Crippen molar-refractivity contribution < 1.29 is 4.79 Å². The van der Waals surface area contributed by atoms with E-state index in [1.165, 1.54) is 12.8 Å². The molecule has 0 spiro atoms. The van der Waals surface area contributed by atoms with Gasteiger partial charge in [0.15, 0.2) is 0 Å². The van der Waals surface area contributed by atoms with E-state index in [0.29, 0.717) is 5.75 Å². The minimum Gasteiger partial charge on any atom is -0.369 e. The van der Waals surface area contributed by atoms with Crippen LogP contribution in [0.25, 0.3) is 0 Å². The molecule has 3 heteroatoms. The number of hydrogen-bond donors (Lipinski definition) is 1. The number of unbranched alkanes of at least 4 members (excludes halogenated alkanes) is 1. The molecule has 0 bridgehead atoms. The number of primary amides is 1. The molecule has 0 aromatic rings. The third-order valence-corrected chi connectivity index (χ3v) is 1.95. The zero-order valence-corrected chi connectivity index (χ0v) is 6.54. The lowest BCUT2D eigenvalue weighted by molar-refractivity contribution is -0.115.